The van der Waals surface area contributed by atoms with Crippen molar-refractivity contribution in [3.63, 3.8) is 0 Å². The van der Waals surface area contributed by atoms with Gasteiger partial charge in [0, 0.05) is 31.9 Å². The lowest BCUT2D eigenvalue weighted by Gasteiger charge is -2.25. The number of imidazole rings is 1. The molecule has 8 nitrogen and oxygen atoms in total. The van der Waals surface area contributed by atoms with Gasteiger partial charge in [-0.15, -0.1) is 0 Å². The molecular formula is C18H28N4O4S3. The van der Waals surface area contributed by atoms with Gasteiger partial charge < -0.3 is 4.57 Å². The molecule has 1 fully saturated rings. The third-order valence-electron chi connectivity index (χ3n) is 4.87. The van der Waals surface area contributed by atoms with Crippen molar-refractivity contribution in [3.05, 3.63) is 18.2 Å². The average molecular weight is 461 g/mol. The van der Waals surface area contributed by atoms with E-state index in [-0.39, 0.29) is 0 Å². The number of benzene rings is 1. The number of hydrogen-bond acceptors (Lipinski definition) is 6. The molecule has 0 atom stereocenters. The van der Waals surface area contributed by atoms with Crippen molar-refractivity contribution in [3.8, 4) is 0 Å². The second-order valence-corrected chi connectivity index (χ2v) is 12.0. The van der Waals surface area contributed by atoms with Crippen LogP contribution in [0.4, 0.5) is 0 Å². The maximum absolute atomic E-state index is 12.9. The molecule has 0 saturated carbocycles. The van der Waals surface area contributed by atoms with E-state index in [9.17, 15) is 16.8 Å². The number of rotatable bonds is 9. The minimum absolute atomic E-state index is 0.293. The number of aryl methyl sites for hydroxylation is 1. The SMILES string of the molecule is CCn1c(SCCCNS(C)(=O)=O)nc2cc(S(=O)(=O)N3CCCCC3)ccc21. The molecule has 0 unspecified atom stereocenters. The van der Waals surface area contributed by atoms with Crippen LogP contribution in [0, 0.1) is 0 Å². The van der Waals surface area contributed by atoms with Gasteiger partial charge in [-0.1, -0.05) is 18.2 Å². The molecule has 3 rings (SSSR count). The standard InChI is InChI=1S/C18H28N4O4S3/c1-3-22-17-9-8-15(29(25,26)21-11-5-4-6-12-21)14-16(17)20-18(22)27-13-7-10-19-28(2,23)24/h8-9,14,19H,3-7,10-13H2,1-2H3. The van der Waals surface area contributed by atoms with E-state index in [1.165, 1.54) is 0 Å². The van der Waals surface area contributed by atoms with Crippen LogP contribution in [0.15, 0.2) is 28.3 Å². The molecule has 2 heterocycles. The quantitative estimate of drug-likeness (QED) is 0.455. The molecule has 0 amide bonds. The van der Waals surface area contributed by atoms with Gasteiger partial charge in [0.1, 0.15) is 0 Å². The molecule has 0 radical (unpaired) electrons. The van der Waals surface area contributed by atoms with Crippen LogP contribution >= 0.6 is 11.8 Å². The molecule has 162 valence electrons. The maximum Gasteiger partial charge on any atom is 0.243 e. The number of sulfonamides is 2. The summed E-state index contributed by atoms with van der Waals surface area (Å²) in [5.74, 6) is 0.713. The topological polar surface area (TPSA) is 101 Å². The van der Waals surface area contributed by atoms with Crippen molar-refractivity contribution in [1.29, 1.82) is 0 Å². The summed E-state index contributed by atoms with van der Waals surface area (Å²) in [4.78, 5) is 4.95. The number of hydrogen-bond donors (Lipinski definition) is 1. The van der Waals surface area contributed by atoms with Crippen molar-refractivity contribution in [2.75, 3.05) is 31.6 Å². The van der Waals surface area contributed by atoms with Gasteiger partial charge in [0.15, 0.2) is 5.16 Å². The summed E-state index contributed by atoms with van der Waals surface area (Å²) >= 11 is 1.55. The Kier molecular flexibility index (Phi) is 7.26. The summed E-state index contributed by atoms with van der Waals surface area (Å²) < 4.78 is 54.2. The van der Waals surface area contributed by atoms with Gasteiger partial charge in [-0.05, 0) is 44.4 Å². The van der Waals surface area contributed by atoms with E-state index in [0.717, 1.165) is 42.7 Å². The first kappa shape index (κ1) is 22.5. The predicted octanol–water partition coefficient (Wildman–Crippen LogP) is 2.26. The fourth-order valence-corrected chi connectivity index (χ4v) is 6.48. The molecule has 1 aromatic carbocycles. The van der Waals surface area contributed by atoms with Crippen LogP contribution in [0.2, 0.25) is 0 Å². The van der Waals surface area contributed by atoms with Crippen molar-refractivity contribution in [2.45, 2.75) is 49.2 Å². The van der Waals surface area contributed by atoms with Gasteiger partial charge in [0.05, 0.1) is 22.2 Å². The second-order valence-electron chi connectivity index (χ2n) is 7.12. The van der Waals surface area contributed by atoms with Gasteiger partial charge in [0.25, 0.3) is 0 Å². The van der Waals surface area contributed by atoms with Crippen LogP contribution in [0.3, 0.4) is 0 Å². The lowest BCUT2D eigenvalue weighted by atomic mass is 10.2. The highest BCUT2D eigenvalue weighted by atomic mass is 32.2. The molecular weight excluding hydrogens is 432 g/mol. The Morgan fingerprint density at radius 1 is 1.14 bits per heavy atom. The van der Waals surface area contributed by atoms with E-state index >= 15 is 0 Å². The molecule has 1 N–H and O–H groups in total. The van der Waals surface area contributed by atoms with Crippen molar-refractivity contribution in [2.24, 2.45) is 0 Å². The number of fused-ring (bicyclic) bond motifs is 1. The zero-order chi connectivity index (χ0) is 21.1. The molecule has 1 aliphatic rings. The van der Waals surface area contributed by atoms with Gasteiger partial charge in [-0.2, -0.15) is 4.31 Å². The fourth-order valence-electron chi connectivity index (χ4n) is 3.41. The van der Waals surface area contributed by atoms with E-state index in [1.807, 2.05) is 13.0 Å². The highest BCUT2D eigenvalue weighted by Gasteiger charge is 2.26. The Hall–Kier alpha value is -1.14. The molecule has 1 aliphatic heterocycles. The number of nitrogens with zero attached hydrogens (tertiary/aromatic N) is 3. The summed E-state index contributed by atoms with van der Waals surface area (Å²) in [6, 6.07) is 5.17. The Morgan fingerprint density at radius 3 is 2.52 bits per heavy atom. The largest absolute Gasteiger partial charge is 0.319 e. The molecule has 1 saturated heterocycles. The van der Waals surface area contributed by atoms with Gasteiger partial charge >= 0.3 is 0 Å². The molecule has 29 heavy (non-hydrogen) atoms. The summed E-state index contributed by atoms with van der Waals surface area (Å²) in [7, 11) is -6.66. The van der Waals surface area contributed by atoms with Gasteiger partial charge in [-0.3, -0.25) is 0 Å². The first-order valence-corrected chi connectivity index (χ1v) is 14.1. The highest BCUT2D eigenvalue weighted by molar-refractivity contribution is 7.99. The minimum Gasteiger partial charge on any atom is -0.319 e. The zero-order valence-corrected chi connectivity index (χ0v) is 19.2. The Bertz CT molecular complexity index is 1060. The summed E-state index contributed by atoms with van der Waals surface area (Å²) in [5, 5.41) is 0.814. The molecule has 0 spiro atoms. The summed E-state index contributed by atoms with van der Waals surface area (Å²) in [6.07, 6.45) is 4.71. The van der Waals surface area contributed by atoms with Crippen LogP contribution in [0.1, 0.15) is 32.6 Å². The fraction of sp³-hybridized carbons (Fsp3) is 0.611. The lowest BCUT2D eigenvalue weighted by Crippen LogP contribution is -2.35. The van der Waals surface area contributed by atoms with Crippen LogP contribution < -0.4 is 4.72 Å². The maximum atomic E-state index is 12.9. The van der Waals surface area contributed by atoms with E-state index in [4.69, 9.17) is 0 Å². The molecule has 2 aromatic rings. The van der Waals surface area contributed by atoms with E-state index in [2.05, 4.69) is 14.3 Å². The highest BCUT2D eigenvalue weighted by Crippen LogP contribution is 2.28. The van der Waals surface area contributed by atoms with Crippen molar-refractivity contribution < 1.29 is 16.8 Å². The third kappa shape index (κ3) is 5.52. The third-order valence-corrected chi connectivity index (χ3v) is 8.56. The summed E-state index contributed by atoms with van der Waals surface area (Å²) in [6.45, 7) is 4.28. The van der Waals surface area contributed by atoms with Crippen LogP contribution in [0.5, 0.6) is 0 Å². The Balaban J connectivity index is 1.77. The first-order chi connectivity index (χ1) is 13.7. The second kappa shape index (κ2) is 9.34. The van der Waals surface area contributed by atoms with Crippen molar-refractivity contribution in [1.82, 2.24) is 18.6 Å². The van der Waals surface area contributed by atoms with Gasteiger partial charge in [0.2, 0.25) is 20.0 Å². The number of piperidine rings is 1. The van der Waals surface area contributed by atoms with E-state index in [1.54, 1.807) is 28.2 Å². The van der Waals surface area contributed by atoms with Crippen LogP contribution in [-0.2, 0) is 26.6 Å². The minimum atomic E-state index is -3.49. The van der Waals surface area contributed by atoms with E-state index < -0.39 is 20.0 Å². The Labute approximate surface area is 177 Å². The smallest absolute Gasteiger partial charge is 0.243 e. The molecule has 0 aliphatic carbocycles. The average Bonchev–Trinajstić information content (AvgIpc) is 3.04. The molecule has 0 bridgehead atoms. The van der Waals surface area contributed by atoms with Crippen molar-refractivity contribution >= 4 is 42.8 Å². The first-order valence-electron chi connectivity index (χ1n) is 9.80. The molecule has 1 aromatic heterocycles. The Morgan fingerprint density at radius 2 is 1.86 bits per heavy atom. The summed E-state index contributed by atoms with van der Waals surface area (Å²) in [5.41, 5.74) is 1.57. The number of nitrogens with one attached hydrogen (secondary N) is 1. The monoisotopic (exact) mass is 460 g/mol. The van der Waals surface area contributed by atoms with Crippen LogP contribution in [0.25, 0.3) is 11.0 Å². The predicted molar refractivity (Wildman–Crippen MR) is 116 cm³/mol. The number of thioether (sulfide) groups is 1. The van der Waals surface area contributed by atoms with Crippen LogP contribution in [-0.4, -0.2) is 62.3 Å². The number of aromatic nitrogens is 2. The molecule has 11 heteroatoms. The zero-order valence-electron chi connectivity index (χ0n) is 16.8. The van der Waals surface area contributed by atoms with Gasteiger partial charge in [-0.25, -0.2) is 26.5 Å². The van der Waals surface area contributed by atoms with E-state index in [0.29, 0.717) is 42.2 Å². The normalized spacial score (nSPS) is 16.5. The lowest BCUT2D eigenvalue weighted by molar-refractivity contribution is 0.346.